The molecule has 0 spiro atoms. The molecule has 1 aliphatic rings. The maximum Gasteiger partial charge on any atom is 0.260 e. The Hall–Kier alpha value is -2.90. The molecule has 0 unspecified atom stereocenters. The number of para-hydroxylation sites is 1. The molecule has 0 aliphatic carbocycles. The second kappa shape index (κ2) is 12.1. The van der Waals surface area contributed by atoms with Crippen LogP contribution in [0.4, 0.5) is 0 Å². The average Bonchev–Trinajstić information content (AvgIpc) is 2.81. The molecule has 7 heteroatoms. The molecule has 2 aromatic rings. The minimum Gasteiger partial charge on any atom is -0.483 e. The van der Waals surface area contributed by atoms with Gasteiger partial charge in [-0.3, -0.25) is 14.5 Å². The molecule has 1 N–H and O–H groups in total. The van der Waals surface area contributed by atoms with Gasteiger partial charge in [-0.25, -0.2) is 0 Å². The van der Waals surface area contributed by atoms with Gasteiger partial charge in [0.15, 0.2) is 6.61 Å². The van der Waals surface area contributed by atoms with Crippen molar-refractivity contribution >= 4 is 11.8 Å². The van der Waals surface area contributed by atoms with Crippen LogP contribution in [0.2, 0.25) is 0 Å². The highest BCUT2D eigenvalue weighted by molar-refractivity contribution is 5.79. The van der Waals surface area contributed by atoms with E-state index in [4.69, 9.17) is 9.47 Å². The van der Waals surface area contributed by atoms with Gasteiger partial charge < -0.3 is 19.7 Å². The van der Waals surface area contributed by atoms with Gasteiger partial charge in [0, 0.05) is 52.0 Å². The van der Waals surface area contributed by atoms with Gasteiger partial charge in [-0.1, -0.05) is 48.5 Å². The summed E-state index contributed by atoms with van der Waals surface area (Å²) in [7, 11) is 1.65. The van der Waals surface area contributed by atoms with Crippen LogP contribution in [0.1, 0.15) is 6.42 Å². The minimum atomic E-state index is -0.0356. The molecule has 2 amide bonds. The highest BCUT2D eigenvalue weighted by Gasteiger charge is 2.23. The normalized spacial score (nSPS) is 14.3. The molecule has 166 valence electrons. The van der Waals surface area contributed by atoms with Gasteiger partial charge in [0.1, 0.15) is 5.75 Å². The first-order chi connectivity index (χ1) is 15.2. The van der Waals surface area contributed by atoms with Crippen molar-refractivity contribution in [3.63, 3.8) is 0 Å². The van der Waals surface area contributed by atoms with E-state index in [1.165, 1.54) is 0 Å². The molecular formula is C24H31N3O4. The van der Waals surface area contributed by atoms with E-state index in [0.29, 0.717) is 51.6 Å². The zero-order valence-electron chi connectivity index (χ0n) is 18.1. The molecule has 2 aromatic carbocycles. The number of carbonyl (C=O) groups is 2. The summed E-state index contributed by atoms with van der Waals surface area (Å²) in [6, 6.07) is 17.7. The third-order valence-corrected chi connectivity index (χ3v) is 5.26. The lowest BCUT2D eigenvalue weighted by Gasteiger charge is -2.34. The van der Waals surface area contributed by atoms with Crippen LogP contribution in [-0.4, -0.2) is 81.2 Å². The summed E-state index contributed by atoms with van der Waals surface area (Å²) in [6.45, 7) is 4.17. The van der Waals surface area contributed by atoms with Gasteiger partial charge in [0.2, 0.25) is 5.91 Å². The van der Waals surface area contributed by atoms with E-state index in [-0.39, 0.29) is 18.4 Å². The number of amides is 2. The third kappa shape index (κ3) is 7.08. The summed E-state index contributed by atoms with van der Waals surface area (Å²) in [5.41, 5.74) is 2.02. The number of hydrogen-bond donors (Lipinski definition) is 1. The lowest BCUT2D eigenvalue weighted by atomic mass is 10.1. The van der Waals surface area contributed by atoms with Crippen molar-refractivity contribution in [2.24, 2.45) is 0 Å². The molecule has 0 radical (unpaired) electrons. The SMILES string of the molecule is COCCCNC(=O)CN1CCN(C(=O)COc2ccccc2-c2ccccc2)CC1. The van der Waals surface area contributed by atoms with Crippen LogP contribution in [0.5, 0.6) is 5.75 Å². The standard InChI is InChI=1S/C24H31N3O4/c1-30-17-7-12-25-23(28)18-26-13-15-27(16-14-26)24(29)19-31-22-11-6-5-10-21(22)20-8-3-2-4-9-20/h2-6,8-11H,7,12-19H2,1H3,(H,25,28). The van der Waals surface area contributed by atoms with Crippen molar-refractivity contribution in [3.05, 3.63) is 54.6 Å². The number of piperazine rings is 1. The van der Waals surface area contributed by atoms with Crippen molar-refractivity contribution in [2.45, 2.75) is 6.42 Å². The van der Waals surface area contributed by atoms with Crippen molar-refractivity contribution in [1.82, 2.24) is 15.1 Å². The van der Waals surface area contributed by atoms with Crippen LogP contribution >= 0.6 is 0 Å². The molecule has 31 heavy (non-hydrogen) atoms. The number of nitrogens with zero attached hydrogens (tertiary/aromatic N) is 2. The molecule has 3 rings (SSSR count). The van der Waals surface area contributed by atoms with Crippen molar-refractivity contribution in [1.29, 1.82) is 0 Å². The molecular weight excluding hydrogens is 394 g/mol. The number of benzene rings is 2. The predicted octanol–water partition coefficient (Wildman–Crippen LogP) is 2.03. The van der Waals surface area contributed by atoms with E-state index in [1.54, 1.807) is 12.0 Å². The van der Waals surface area contributed by atoms with Gasteiger partial charge >= 0.3 is 0 Å². The second-order valence-electron chi connectivity index (χ2n) is 7.50. The topological polar surface area (TPSA) is 71.1 Å². The van der Waals surface area contributed by atoms with Crippen LogP contribution in [0, 0.1) is 0 Å². The molecule has 1 aliphatic heterocycles. The van der Waals surface area contributed by atoms with E-state index in [2.05, 4.69) is 10.2 Å². The Bertz CT molecular complexity index is 836. The highest BCUT2D eigenvalue weighted by atomic mass is 16.5. The lowest BCUT2D eigenvalue weighted by molar-refractivity contribution is -0.135. The molecule has 1 heterocycles. The Kier molecular flexibility index (Phi) is 8.87. The monoisotopic (exact) mass is 425 g/mol. The molecule has 0 atom stereocenters. The van der Waals surface area contributed by atoms with Crippen molar-refractivity contribution < 1.29 is 19.1 Å². The zero-order valence-corrected chi connectivity index (χ0v) is 18.1. The summed E-state index contributed by atoms with van der Waals surface area (Å²) in [5.74, 6) is 0.675. The van der Waals surface area contributed by atoms with Crippen molar-refractivity contribution in [2.75, 3.05) is 59.6 Å². The van der Waals surface area contributed by atoms with Gasteiger partial charge in [0.25, 0.3) is 5.91 Å². The zero-order chi connectivity index (χ0) is 21.9. The quantitative estimate of drug-likeness (QED) is 0.590. The van der Waals surface area contributed by atoms with Crippen LogP contribution in [0.15, 0.2) is 54.6 Å². The summed E-state index contributed by atoms with van der Waals surface area (Å²) < 4.78 is 10.9. The summed E-state index contributed by atoms with van der Waals surface area (Å²) >= 11 is 0. The van der Waals surface area contributed by atoms with Gasteiger partial charge in [0.05, 0.1) is 6.54 Å². The summed E-state index contributed by atoms with van der Waals surface area (Å²) in [5, 5.41) is 2.89. The number of hydrogen-bond acceptors (Lipinski definition) is 5. The van der Waals surface area contributed by atoms with Crippen molar-refractivity contribution in [3.8, 4) is 16.9 Å². The predicted molar refractivity (Wildman–Crippen MR) is 120 cm³/mol. The summed E-state index contributed by atoms with van der Waals surface area (Å²) in [6.07, 6.45) is 0.803. The Morgan fingerprint density at radius 3 is 2.42 bits per heavy atom. The van der Waals surface area contributed by atoms with E-state index >= 15 is 0 Å². The largest absolute Gasteiger partial charge is 0.483 e. The van der Waals surface area contributed by atoms with Gasteiger partial charge in [-0.2, -0.15) is 0 Å². The van der Waals surface area contributed by atoms with Crippen LogP contribution < -0.4 is 10.1 Å². The molecule has 0 aromatic heterocycles. The maximum absolute atomic E-state index is 12.6. The highest BCUT2D eigenvalue weighted by Crippen LogP contribution is 2.29. The van der Waals surface area contributed by atoms with E-state index < -0.39 is 0 Å². The molecule has 1 saturated heterocycles. The van der Waals surface area contributed by atoms with E-state index in [9.17, 15) is 9.59 Å². The third-order valence-electron chi connectivity index (χ3n) is 5.26. The van der Waals surface area contributed by atoms with Crippen LogP contribution in [0.25, 0.3) is 11.1 Å². The fourth-order valence-corrected chi connectivity index (χ4v) is 3.54. The van der Waals surface area contributed by atoms with Crippen LogP contribution in [0.3, 0.4) is 0 Å². The average molecular weight is 426 g/mol. The van der Waals surface area contributed by atoms with E-state index in [1.807, 2.05) is 54.6 Å². The Morgan fingerprint density at radius 1 is 0.968 bits per heavy atom. The Balaban J connectivity index is 1.43. The molecule has 0 saturated carbocycles. The van der Waals surface area contributed by atoms with Gasteiger partial charge in [-0.15, -0.1) is 0 Å². The maximum atomic E-state index is 12.6. The number of carbonyl (C=O) groups excluding carboxylic acids is 2. The first kappa shape index (κ1) is 22.8. The fraction of sp³-hybridized carbons (Fsp3) is 0.417. The minimum absolute atomic E-state index is 0.00380. The molecule has 7 nitrogen and oxygen atoms in total. The first-order valence-electron chi connectivity index (χ1n) is 10.7. The second-order valence-corrected chi connectivity index (χ2v) is 7.50. The van der Waals surface area contributed by atoms with Crippen LogP contribution in [-0.2, 0) is 14.3 Å². The molecule has 0 bridgehead atoms. The Morgan fingerprint density at radius 2 is 1.68 bits per heavy atom. The first-order valence-corrected chi connectivity index (χ1v) is 10.7. The lowest BCUT2D eigenvalue weighted by Crippen LogP contribution is -2.52. The number of ether oxygens (including phenoxy) is 2. The molecule has 1 fully saturated rings. The Labute approximate surface area is 183 Å². The summed E-state index contributed by atoms with van der Waals surface area (Å²) in [4.78, 5) is 28.5. The van der Waals surface area contributed by atoms with E-state index in [0.717, 1.165) is 17.5 Å². The number of nitrogens with one attached hydrogen (secondary N) is 1. The number of methoxy groups -OCH3 is 1. The smallest absolute Gasteiger partial charge is 0.260 e. The number of rotatable bonds is 10. The fourth-order valence-electron chi connectivity index (χ4n) is 3.54. The van der Waals surface area contributed by atoms with Gasteiger partial charge in [-0.05, 0) is 18.1 Å².